The Balaban J connectivity index is 2.33. The molecular formula is C16H16N2O2. The summed E-state index contributed by atoms with van der Waals surface area (Å²) in [6.07, 6.45) is 0. The van der Waals surface area contributed by atoms with E-state index >= 15 is 0 Å². The lowest BCUT2D eigenvalue weighted by atomic mass is 9.92. The zero-order valence-electron chi connectivity index (χ0n) is 11.7. The van der Waals surface area contributed by atoms with Gasteiger partial charge in [0.15, 0.2) is 0 Å². The molecule has 1 unspecified atom stereocenters. The summed E-state index contributed by atoms with van der Waals surface area (Å²) in [5.41, 5.74) is 4.66. The summed E-state index contributed by atoms with van der Waals surface area (Å²) in [6, 6.07) is 9.74. The average molecular weight is 268 g/mol. The second kappa shape index (κ2) is 4.63. The summed E-state index contributed by atoms with van der Waals surface area (Å²) in [5, 5.41) is 2.98. The minimum Gasteiger partial charge on any atom is -0.481 e. The first kappa shape index (κ1) is 12.7. The number of carbonyl (C=O) groups excluding carboxylic acids is 1. The van der Waals surface area contributed by atoms with Crippen molar-refractivity contribution in [3.8, 4) is 17.0 Å². The third-order valence-electron chi connectivity index (χ3n) is 3.73. The maximum Gasteiger partial charge on any atom is 0.231 e. The van der Waals surface area contributed by atoms with Gasteiger partial charge in [0.05, 0.1) is 24.4 Å². The van der Waals surface area contributed by atoms with Gasteiger partial charge in [-0.1, -0.05) is 24.3 Å². The largest absolute Gasteiger partial charge is 0.481 e. The van der Waals surface area contributed by atoms with E-state index in [1.165, 1.54) is 0 Å². The molecule has 2 heterocycles. The van der Waals surface area contributed by atoms with E-state index in [0.29, 0.717) is 5.88 Å². The Bertz CT molecular complexity index is 695. The smallest absolute Gasteiger partial charge is 0.231 e. The Labute approximate surface area is 117 Å². The quantitative estimate of drug-likeness (QED) is 0.864. The maximum absolute atomic E-state index is 12.3. The van der Waals surface area contributed by atoms with Crippen LogP contribution in [0.4, 0.5) is 5.69 Å². The molecule has 1 atom stereocenters. The number of nitrogens with zero attached hydrogens (tertiary/aromatic N) is 1. The fraction of sp³-hybridized carbons (Fsp3) is 0.250. The second-order valence-electron chi connectivity index (χ2n) is 4.97. The number of hydrogen-bond donors (Lipinski definition) is 1. The molecule has 4 nitrogen and oxygen atoms in total. The van der Waals surface area contributed by atoms with Gasteiger partial charge in [0.2, 0.25) is 11.8 Å². The zero-order valence-corrected chi connectivity index (χ0v) is 11.7. The zero-order chi connectivity index (χ0) is 14.3. The second-order valence-corrected chi connectivity index (χ2v) is 4.97. The van der Waals surface area contributed by atoms with Gasteiger partial charge in [0.25, 0.3) is 0 Å². The molecule has 0 spiro atoms. The number of ether oxygens (including phenoxy) is 1. The molecule has 1 aromatic carbocycles. The molecule has 0 saturated heterocycles. The Morgan fingerprint density at radius 2 is 2.05 bits per heavy atom. The molecule has 1 amide bonds. The third-order valence-corrected chi connectivity index (χ3v) is 3.73. The third kappa shape index (κ3) is 1.84. The van der Waals surface area contributed by atoms with Gasteiger partial charge >= 0.3 is 0 Å². The number of hydrogen-bond acceptors (Lipinski definition) is 3. The number of aromatic nitrogens is 1. The molecule has 20 heavy (non-hydrogen) atoms. The molecule has 0 bridgehead atoms. The molecule has 1 aromatic heterocycles. The Kier molecular flexibility index (Phi) is 2.93. The fourth-order valence-corrected chi connectivity index (χ4v) is 2.67. The summed E-state index contributed by atoms with van der Waals surface area (Å²) < 4.78 is 5.19. The molecule has 1 aliphatic heterocycles. The molecule has 0 fully saturated rings. The van der Waals surface area contributed by atoms with Crippen LogP contribution >= 0.6 is 0 Å². The summed E-state index contributed by atoms with van der Waals surface area (Å²) >= 11 is 0. The number of fused-ring (bicyclic) bond motifs is 3. The van der Waals surface area contributed by atoms with Crippen LogP contribution in [0.25, 0.3) is 11.1 Å². The number of anilines is 1. The van der Waals surface area contributed by atoms with Crippen molar-refractivity contribution in [3.05, 3.63) is 41.6 Å². The highest BCUT2D eigenvalue weighted by molar-refractivity contribution is 6.03. The monoisotopic (exact) mass is 268 g/mol. The van der Waals surface area contributed by atoms with Gasteiger partial charge in [-0.3, -0.25) is 4.79 Å². The van der Waals surface area contributed by atoms with Gasteiger partial charge in [-0.15, -0.1) is 0 Å². The van der Waals surface area contributed by atoms with Crippen LogP contribution in [0.15, 0.2) is 30.3 Å². The molecule has 1 aliphatic rings. The van der Waals surface area contributed by atoms with Crippen LogP contribution in [0.5, 0.6) is 5.88 Å². The summed E-state index contributed by atoms with van der Waals surface area (Å²) in [6.45, 7) is 3.85. The van der Waals surface area contributed by atoms with Gasteiger partial charge in [0, 0.05) is 11.6 Å². The van der Waals surface area contributed by atoms with E-state index in [0.717, 1.165) is 28.1 Å². The van der Waals surface area contributed by atoms with Crippen molar-refractivity contribution in [3.63, 3.8) is 0 Å². The van der Waals surface area contributed by atoms with Crippen LogP contribution in [-0.4, -0.2) is 18.0 Å². The van der Waals surface area contributed by atoms with E-state index in [1.54, 1.807) is 13.2 Å². The lowest BCUT2D eigenvalue weighted by molar-refractivity contribution is -0.117. The Morgan fingerprint density at radius 1 is 1.30 bits per heavy atom. The Hall–Kier alpha value is -2.36. The number of rotatable bonds is 1. The number of carbonyl (C=O) groups is 1. The van der Waals surface area contributed by atoms with Crippen LogP contribution in [0, 0.1) is 6.92 Å². The number of nitrogens with one attached hydrogen (secondary N) is 1. The van der Waals surface area contributed by atoms with Gasteiger partial charge in [-0.2, -0.15) is 0 Å². The van der Waals surface area contributed by atoms with Crippen molar-refractivity contribution in [1.29, 1.82) is 0 Å². The lowest BCUT2D eigenvalue weighted by Crippen LogP contribution is -2.17. The minimum atomic E-state index is -0.191. The van der Waals surface area contributed by atoms with E-state index in [-0.39, 0.29) is 11.8 Å². The minimum absolute atomic E-state index is 0.0103. The first-order valence-corrected chi connectivity index (χ1v) is 6.57. The lowest BCUT2D eigenvalue weighted by Gasteiger charge is -2.13. The number of methoxy groups -OCH3 is 1. The number of pyridine rings is 1. The molecule has 0 saturated carbocycles. The maximum atomic E-state index is 12.3. The summed E-state index contributed by atoms with van der Waals surface area (Å²) in [5.74, 6) is 0.307. The topological polar surface area (TPSA) is 51.2 Å². The van der Waals surface area contributed by atoms with Gasteiger partial charge < -0.3 is 10.1 Å². The Morgan fingerprint density at radius 3 is 2.80 bits per heavy atom. The molecule has 0 radical (unpaired) electrons. The van der Waals surface area contributed by atoms with Gasteiger partial charge in [-0.05, 0) is 25.0 Å². The molecule has 102 valence electrons. The van der Waals surface area contributed by atoms with Crippen LogP contribution in [0.3, 0.4) is 0 Å². The molecule has 1 N–H and O–H groups in total. The van der Waals surface area contributed by atoms with E-state index in [1.807, 2.05) is 38.1 Å². The van der Waals surface area contributed by atoms with Crippen LogP contribution in [0.2, 0.25) is 0 Å². The molecule has 4 heteroatoms. The van der Waals surface area contributed by atoms with E-state index in [4.69, 9.17) is 4.74 Å². The predicted octanol–water partition coefficient (Wildman–Crippen LogP) is 3.12. The van der Waals surface area contributed by atoms with Crippen LogP contribution in [0.1, 0.15) is 24.1 Å². The SMILES string of the molecule is COc1cc2c(c(C)n1)-c1ccccc1C(C)C(=O)N2. The van der Waals surface area contributed by atoms with Crippen LogP contribution < -0.4 is 10.1 Å². The van der Waals surface area contributed by atoms with E-state index in [2.05, 4.69) is 10.3 Å². The van der Waals surface area contributed by atoms with Crippen molar-refractivity contribution in [2.45, 2.75) is 19.8 Å². The highest BCUT2D eigenvalue weighted by Crippen LogP contribution is 2.40. The number of aryl methyl sites for hydroxylation is 1. The van der Waals surface area contributed by atoms with Crippen LogP contribution in [-0.2, 0) is 4.79 Å². The highest BCUT2D eigenvalue weighted by Gasteiger charge is 2.26. The summed E-state index contributed by atoms with van der Waals surface area (Å²) in [4.78, 5) is 16.7. The molecule has 0 aliphatic carbocycles. The van der Waals surface area contributed by atoms with Crippen molar-refractivity contribution in [1.82, 2.24) is 4.98 Å². The molecule has 2 aromatic rings. The van der Waals surface area contributed by atoms with Crippen molar-refractivity contribution in [2.24, 2.45) is 0 Å². The van der Waals surface area contributed by atoms with Crippen molar-refractivity contribution >= 4 is 11.6 Å². The van der Waals surface area contributed by atoms with Crippen molar-refractivity contribution in [2.75, 3.05) is 12.4 Å². The van der Waals surface area contributed by atoms with Gasteiger partial charge in [0.1, 0.15) is 0 Å². The predicted molar refractivity (Wildman–Crippen MR) is 78.0 cm³/mol. The first-order valence-electron chi connectivity index (χ1n) is 6.57. The van der Waals surface area contributed by atoms with E-state index in [9.17, 15) is 4.79 Å². The fourth-order valence-electron chi connectivity index (χ4n) is 2.67. The standard InChI is InChI=1S/C16H16N2O2/c1-9-11-6-4-5-7-12(11)15-10(2)17-14(20-3)8-13(15)18-16(9)19/h4-9H,1-3H3,(H,18,19). The molecular weight excluding hydrogens is 252 g/mol. The number of benzene rings is 1. The highest BCUT2D eigenvalue weighted by atomic mass is 16.5. The first-order chi connectivity index (χ1) is 9.61. The summed E-state index contributed by atoms with van der Waals surface area (Å²) in [7, 11) is 1.57. The van der Waals surface area contributed by atoms with Gasteiger partial charge in [-0.25, -0.2) is 4.98 Å². The molecule has 3 rings (SSSR count). The average Bonchev–Trinajstić information content (AvgIpc) is 2.55. The number of amides is 1. The normalized spacial score (nSPS) is 16.8. The van der Waals surface area contributed by atoms with E-state index < -0.39 is 0 Å². The van der Waals surface area contributed by atoms with Crippen molar-refractivity contribution < 1.29 is 9.53 Å².